The van der Waals surface area contributed by atoms with Crippen LogP contribution in [-0.2, 0) is 15.9 Å². The maximum absolute atomic E-state index is 6.39. The smallest absolute Gasteiger partial charge is 0.184 e. The van der Waals surface area contributed by atoms with Crippen LogP contribution in [0.3, 0.4) is 0 Å². The summed E-state index contributed by atoms with van der Waals surface area (Å²) in [6, 6.07) is 18.3. The van der Waals surface area contributed by atoms with Gasteiger partial charge in [0, 0.05) is 17.4 Å². The SMILES string of the molecule is C=C[C@H]1OC(c2ccc(OC)cc2)O[C@H]([C@H](C)C=CCc2ccccc2)[C@H]1C. The van der Waals surface area contributed by atoms with Crippen LogP contribution in [0.2, 0.25) is 0 Å². The van der Waals surface area contributed by atoms with Crippen molar-refractivity contribution in [2.45, 2.75) is 38.8 Å². The third kappa shape index (κ3) is 4.92. The lowest BCUT2D eigenvalue weighted by Crippen LogP contribution is -2.43. The molecular formula is C25H30O3. The van der Waals surface area contributed by atoms with Gasteiger partial charge >= 0.3 is 0 Å². The maximum atomic E-state index is 6.39. The fourth-order valence-corrected chi connectivity index (χ4v) is 3.69. The molecule has 2 aromatic rings. The van der Waals surface area contributed by atoms with Crippen molar-refractivity contribution in [3.8, 4) is 5.75 Å². The summed E-state index contributed by atoms with van der Waals surface area (Å²) < 4.78 is 17.8. The van der Waals surface area contributed by atoms with Crippen LogP contribution >= 0.6 is 0 Å². The fourth-order valence-electron chi connectivity index (χ4n) is 3.69. The molecule has 0 aromatic heterocycles. The third-order valence-electron chi connectivity index (χ3n) is 5.37. The Kier molecular flexibility index (Phi) is 7.07. The van der Waals surface area contributed by atoms with Crippen LogP contribution < -0.4 is 4.74 Å². The molecular weight excluding hydrogens is 348 g/mol. The highest BCUT2D eigenvalue weighted by atomic mass is 16.7. The molecule has 0 N–H and O–H groups in total. The Morgan fingerprint density at radius 1 is 1.07 bits per heavy atom. The first kappa shape index (κ1) is 20.4. The van der Waals surface area contributed by atoms with Gasteiger partial charge in [0.1, 0.15) is 5.75 Å². The first-order valence-electron chi connectivity index (χ1n) is 9.90. The lowest BCUT2D eigenvalue weighted by molar-refractivity contribution is -0.266. The molecule has 3 rings (SSSR count). The minimum absolute atomic E-state index is 0.0455. The molecule has 1 fully saturated rings. The molecule has 0 radical (unpaired) electrons. The van der Waals surface area contributed by atoms with E-state index in [1.165, 1.54) is 5.56 Å². The largest absolute Gasteiger partial charge is 0.497 e. The number of hydrogen-bond donors (Lipinski definition) is 0. The second-order valence-electron chi connectivity index (χ2n) is 7.38. The molecule has 0 bridgehead atoms. The van der Waals surface area contributed by atoms with Gasteiger partial charge in [-0.3, -0.25) is 0 Å². The van der Waals surface area contributed by atoms with Crippen molar-refractivity contribution in [3.63, 3.8) is 0 Å². The Morgan fingerprint density at radius 2 is 1.79 bits per heavy atom. The lowest BCUT2D eigenvalue weighted by Gasteiger charge is -2.41. The number of benzene rings is 2. The predicted molar refractivity (Wildman–Crippen MR) is 113 cm³/mol. The average Bonchev–Trinajstić information content (AvgIpc) is 2.74. The molecule has 3 heteroatoms. The quantitative estimate of drug-likeness (QED) is 0.576. The minimum Gasteiger partial charge on any atom is -0.497 e. The number of ether oxygens (including phenoxy) is 3. The molecule has 1 saturated heterocycles. The molecule has 0 saturated carbocycles. The van der Waals surface area contributed by atoms with Crippen LogP contribution in [0.1, 0.15) is 31.3 Å². The van der Waals surface area contributed by atoms with Crippen molar-refractivity contribution in [1.29, 1.82) is 0 Å². The third-order valence-corrected chi connectivity index (χ3v) is 5.37. The van der Waals surface area contributed by atoms with Crippen LogP contribution in [0.4, 0.5) is 0 Å². The Morgan fingerprint density at radius 3 is 2.43 bits per heavy atom. The summed E-state index contributed by atoms with van der Waals surface area (Å²) in [5, 5.41) is 0. The van der Waals surface area contributed by atoms with Gasteiger partial charge in [-0.2, -0.15) is 0 Å². The van der Waals surface area contributed by atoms with Crippen molar-refractivity contribution in [2.75, 3.05) is 7.11 Å². The fraction of sp³-hybridized carbons (Fsp3) is 0.360. The Hall–Kier alpha value is -2.36. The Labute approximate surface area is 168 Å². The summed E-state index contributed by atoms with van der Waals surface area (Å²) >= 11 is 0. The summed E-state index contributed by atoms with van der Waals surface area (Å²) in [6.45, 7) is 8.34. The molecule has 0 spiro atoms. The summed E-state index contributed by atoms with van der Waals surface area (Å²) in [5.41, 5.74) is 2.30. The first-order valence-corrected chi connectivity index (χ1v) is 9.90. The first-order chi connectivity index (χ1) is 13.6. The molecule has 1 aliphatic heterocycles. The van der Waals surface area contributed by atoms with Crippen molar-refractivity contribution in [1.82, 2.24) is 0 Å². The molecule has 0 amide bonds. The zero-order valence-corrected chi connectivity index (χ0v) is 17.0. The average molecular weight is 379 g/mol. The van der Waals surface area contributed by atoms with E-state index >= 15 is 0 Å². The highest BCUT2D eigenvalue weighted by Crippen LogP contribution is 2.37. The maximum Gasteiger partial charge on any atom is 0.184 e. The molecule has 3 nitrogen and oxygen atoms in total. The molecule has 1 aliphatic rings. The van der Waals surface area contributed by atoms with Gasteiger partial charge in [0.25, 0.3) is 0 Å². The van der Waals surface area contributed by atoms with Crippen LogP contribution in [0.15, 0.2) is 79.4 Å². The second kappa shape index (κ2) is 9.72. The summed E-state index contributed by atoms with van der Waals surface area (Å²) in [6.07, 6.45) is 6.90. The van der Waals surface area contributed by atoms with Gasteiger partial charge in [0.15, 0.2) is 6.29 Å². The standard InChI is InChI=1S/C25H30O3/c1-5-23-19(3)24(18(2)10-9-13-20-11-7-6-8-12-20)28-25(27-23)21-14-16-22(26-4)17-15-21/h5-12,14-19,23-25H,1,13H2,2-4H3/t18-,19+,23-,24-,25?/m1/s1. The molecule has 5 atom stereocenters. The second-order valence-corrected chi connectivity index (χ2v) is 7.38. The topological polar surface area (TPSA) is 27.7 Å². The van der Waals surface area contributed by atoms with E-state index in [0.29, 0.717) is 0 Å². The highest BCUT2D eigenvalue weighted by molar-refractivity contribution is 5.28. The van der Waals surface area contributed by atoms with E-state index < -0.39 is 6.29 Å². The Balaban J connectivity index is 1.71. The highest BCUT2D eigenvalue weighted by Gasteiger charge is 2.38. The zero-order valence-electron chi connectivity index (χ0n) is 17.0. The number of methoxy groups -OCH3 is 1. The molecule has 1 heterocycles. The van der Waals surface area contributed by atoms with Crippen LogP contribution in [-0.4, -0.2) is 19.3 Å². The van der Waals surface area contributed by atoms with E-state index in [0.717, 1.165) is 17.7 Å². The zero-order chi connectivity index (χ0) is 19.9. The van der Waals surface area contributed by atoms with Crippen LogP contribution in [0.25, 0.3) is 0 Å². The normalized spacial score (nSPS) is 26.1. The monoisotopic (exact) mass is 378 g/mol. The van der Waals surface area contributed by atoms with Crippen molar-refractivity contribution in [2.24, 2.45) is 11.8 Å². The van der Waals surface area contributed by atoms with E-state index in [2.05, 4.69) is 56.8 Å². The van der Waals surface area contributed by atoms with E-state index in [1.807, 2.05) is 36.4 Å². The van der Waals surface area contributed by atoms with E-state index in [4.69, 9.17) is 14.2 Å². The van der Waals surface area contributed by atoms with Gasteiger partial charge in [-0.25, -0.2) is 0 Å². The van der Waals surface area contributed by atoms with E-state index in [-0.39, 0.29) is 24.0 Å². The Bertz CT molecular complexity index is 766. The number of allylic oxidation sites excluding steroid dienone is 1. The van der Waals surface area contributed by atoms with Gasteiger partial charge in [0.05, 0.1) is 19.3 Å². The summed E-state index contributed by atoms with van der Waals surface area (Å²) in [4.78, 5) is 0. The predicted octanol–water partition coefficient (Wildman–Crippen LogP) is 5.73. The van der Waals surface area contributed by atoms with Gasteiger partial charge < -0.3 is 14.2 Å². The lowest BCUT2D eigenvalue weighted by atomic mass is 9.87. The van der Waals surface area contributed by atoms with E-state index in [9.17, 15) is 0 Å². The van der Waals surface area contributed by atoms with Crippen molar-refractivity contribution >= 4 is 0 Å². The van der Waals surface area contributed by atoms with Crippen LogP contribution in [0.5, 0.6) is 5.75 Å². The van der Waals surface area contributed by atoms with Crippen molar-refractivity contribution in [3.05, 3.63) is 90.5 Å². The summed E-state index contributed by atoms with van der Waals surface area (Å²) in [7, 11) is 1.66. The van der Waals surface area contributed by atoms with Gasteiger partial charge in [-0.15, -0.1) is 6.58 Å². The minimum atomic E-state index is -0.403. The van der Waals surface area contributed by atoms with Gasteiger partial charge in [0.2, 0.25) is 0 Å². The van der Waals surface area contributed by atoms with Gasteiger partial charge in [-0.05, 0) is 24.1 Å². The molecule has 28 heavy (non-hydrogen) atoms. The van der Waals surface area contributed by atoms with E-state index in [1.54, 1.807) is 7.11 Å². The van der Waals surface area contributed by atoms with Gasteiger partial charge in [-0.1, -0.05) is 74.5 Å². The van der Waals surface area contributed by atoms with Crippen LogP contribution in [0, 0.1) is 11.8 Å². The number of rotatable bonds is 7. The summed E-state index contributed by atoms with van der Waals surface area (Å²) in [5.74, 6) is 1.32. The molecule has 2 aromatic carbocycles. The molecule has 1 unspecified atom stereocenters. The molecule has 0 aliphatic carbocycles. The number of hydrogen-bond acceptors (Lipinski definition) is 3. The van der Waals surface area contributed by atoms with Crippen molar-refractivity contribution < 1.29 is 14.2 Å². The molecule has 148 valence electrons.